The molecule has 2 N–H and O–H groups in total. The summed E-state index contributed by atoms with van der Waals surface area (Å²) < 4.78 is 5.53. The second-order valence-electron chi connectivity index (χ2n) is 8.38. The van der Waals surface area contributed by atoms with E-state index in [0.29, 0.717) is 6.42 Å². The van der Waals surface area contributed by atoms with Gasteiger partial charge in [0.25, 0.3) is 0 Å². The van der Waals surface area contributed by atoms with Crippen LogP contribution in [0.15, 0.2) is 48.5 Å². The standard InChI is InChI=1S/C25H30N2O5/c1-5-21(22(28)27(6-2)25(3,4)23(29)30)26-24(31)32-15-20-18-13-9-7-11-16(18)17-12-8-10-14-19(17)20/h7-14,20-21H,5-6,15H2,1-4H3,(H,26,31)(H,29,30)/t21-/m0/s1. The van der Waals surface area contributed by atoms with E-state index in [-0.39, 0.29) is 19.1 Å². The first-order chi connectivity index (χ1) is 15.2. The van der Waals surface area contributed by atoms with E-state index < -0.39 is 29.6 Å². The van der Waals surface area contributed by atoms with Crippen molar-refractivity contribution in [2.24, 2.45) is 0 Å². The van der Waals surface area contributed by atoms with Gasteiger partial charge in [0.05, 0.1) is 0 Å². The Hall–Kier alpha value is -3.35. The number of nitrogens with one attached hydrogen (secondary N) is 1. The Bertz CT molecular complexity index is 971. The predicted octanol–water partition coefficient (Wildman–Crippen LogP) is 4.02. The van der Waals surface area contributed by atoms with Crippen LogP contribution in [0.3, 0.4) is 0 Å². The molecule has 1 atom stereocenters. The fourth-order valence-corrected chi connectivity index (χ4v) is 4.25. The SMILES string of the molecule is CC[C@H](NC(=O)OCC1c2ccccc2-c2ccccc21)C(=O)N(CC)C(C)(C)C(=O)O. The number of carboxylic acid groups (broad SMARTS) is 1. The van der Waals surface area contributed by atoms with Gasteiger partial charge in [-0.15, -0.1) is 0 Å². The molecule has 0 saturated carbocycles. The molecule has 0 spiro atoms. The molecule has 0 bridgehead atoms. The Kier molecular flexibility index (Phi) is 6.87. The summed E-state index contributed by atoms with van der Waals surface area (Å²) in [5.41, 5.74) is 3.08. The van der Waals surface area contributed by atoms with Gasteiger partial charge < -0.3 is 20.1 Å². The largest absolute Gasteiger partial charge is 0.480 e. The molecule has 0 heterocycles. The van der Waals surface area contributed by atoms with Crippen LogP contribution in [0.5, 0.6) is 0 Å². The lowest BCUT2D eigenvalue weighted by atomic mass is 9.98. The summed E-state index contributed by atoms with van der Waals surface area (Å²) in [4.78, 5) is 38.4. The number of hydrogen-bond donors (Lipinski definition) is 2. The molecule has 3 rings (SSSR count). The number of carbonyl (C=O) groups is 3. The second-order valence-corrected chi connectivity index (χ2v) is 8.38. The third kappa shape index (κ3) is 4.33. The first-order valence-corrected chi connectivity index (χ1v) is 10.9. The highest BCUT2D eigenvalue weighted by Crippen LogP contribution is 2.44. The molecule has 0 unspecified atom stereocenters. The van der Waals surface area contributed by atoms with Crippen molar-refractivity contribution >= 4 is 18.0 Å². The number of likely N-dealkylation sites (N-methyl/N-ethyl adjacent to an activating group) is 1. The van der Waals surface area contributed by atoms with Crippen molar-refractivity contribution in [1.29, 1.82) is 0 Å². The Morgan fingerprint density at radius 1 is 1.03 bits per heavy atom. The number of hydrogen-bond acceptors (Lipinski definition) is 4. The van der Waals surface area contributed by atoms with Gasteiger partial charge in [0.2, 0.25) is 5.91 Å². The zero-order valence-electron chi connectivity index (χ0n) is 18.9. The smallest absolute Gasteiger partial charge is 0.407 e. The van der Waals surface area contributed by atoms with E-state index in [1.54, 1.807) is 13.8 Å². The minimum Gasteiger partial charge on any atom is -0.480 e. The quantitative estimate of drug-likeness (QED) is 0.649. The Morgan fingerprint density at radius 3 is 2.03 bits per heavy atom. The molecule has 0 saturated heterocycles. The summed E-state index contributed by atoms with van der Waals surface area (Å²) in [7, 11) is 0. The number of nitrogens with zero attached hydrogens (tertiary/aromatic N) is 1. The van der Waals surface area contributed by atoms with Gasteiger partial charge in [-0.2, -0.15) is 0 Å². The zero-order chi connectivity index (χ0) is 23.5. The van der Waals surface area contributed by atoms with E-state index in [9.17, 15) is 19.5 Å². The van der Waals surface area contributed by atoms with Gasteiger partial charge in [-0.3, -0.25) is 4.79 Å². The van der Waals surface area contributed by atoms with E-state index in [4.69, 9.17) is 4.74 Å². The summed E-state index contributed by atoms with van der Waals surface area (Å²) >= 11 is 0. The first-order valence-electron chi connectivity index (χ1n) is 10.9. The number of benzene rings is 2. The lowest BCUT2D eigenvalue weighted by molar-refractivity contribution is -0.157. The predicted molar refractivity (Wildman–Crippen MR) is 121 cm³/mol. The summed E-state index contributed by atoms with van der Waals surface area (Å²) in [6, 6.07) is 15.2. The molecule has 0 aromatic heterocycles. The molecular weight excluding hydrogens is 408 g/mol. The maximum absolute atomic E-state index is 13.0. The fourth-order valence-electron chi connectivity index (χ4n) is 4.25. The highest BCUT2D eigenvalue weighted by Gasteiger charge is 2.39. The second kappa shape index (κ2) is 9.42. The normalized spacial score (nSPS) is 13.6. The van der Waals surface area contributed by atoms with Crippen LogP contribution >= 0.6 is 0 Å². The number of ether oxygens (including phenoxy) is 1. The average Bonchev–Trinajstić information content (AvgIpc) is 3.10. The van der Waals surface area contributed by atoms with Gasteiger partial charge in [0.15, 0.2) is 0 Å². The minimum atomic E-state index is -1.39. The first kappa shape index (κ1) is 23.3. The lowest BCUT2D eigenvalue weighted by Gasteiger charge is -2.36. The minimum absolute atomic E-state index is 0.0815. The summed E-state index contributed by atoms with van der Waals surface area (Å²) in [5.74, 6) is -1.64. The number of fused-ring (bicyclic) bond motifs is 3. The van der Waals surface area contributed by atoms with Crippen molar-refractivity contribution in [2.45, 2.75) is 51.6 Å². The fraction of sp³-hybridized carbons (Fsp3) is 0.400. The monoisotopic (exact) mass is 438 g/mol. The molecule has 7 nitrogen and oxygen atoms in total. The molecule has 0 radical (unpaired) electrons. The van der Waals surface area contributed by atoms with Gasteiger partial charge in [-0.25, -0.2) is 9.59 Å². The van der Waals surface area contributed by atoms with Crippen molar-refractivity contribution in [1.82, 2.24) is 10.2 Å². The van der Waals surface area contributed by atoms with Crippen LogP contribution in [0.25, 0.3) is 11.1 Å². The highest BCUT2D eigenvalue weighted by atomic mass is 16.5. The zero-order valence-corrected chi connectivity index (χ0v) is 18.9. The molecule has 1 aliphatic rings. The summed E-state index contributed by atoms with van der Waals surface area (Å²) in [6.07, 6.45) is -0.383. The Balaban J connectivity index is 1.69. The average molecular weight is 439 g/mol. The number of alkyl carbamates (subject to hydrolysis) is 1. The van der Waals surface area contributed by atoms with Gasteiger partial charge >= 0.3 is 12.1 Å². The van der Waals surface area contributed by atoms with Crippen LogP contribution < -0.4 is 5.32 Å². The molecule has 2 aromatic carbocycles. The van der Waals surface area contributed by atoms with Crippen LogP contribution in [0, 0.1) is 0 Å². The molecule has 7 heteroatoms. The van der Waals surface area contributed by atoms with E-state index in [2.05, 4.69) is 17.4 Å². The molecule has 170 valence electrons. The van der Waals surface area contributed by atoms with Crippen molar-refractivity contribution in [3.63, 3.8) is 0 Å². The van der Waals surface area contributed by atoms with E-state index in [1.165, 1.54) is 18.7 Å². The van der Waals surface area contributed by atoms with Crippen LogP contribution in [0.2, 0.25) is 0 Å². The van der Waals surface area contributed by atoms with Crippen LogP contribution in [-0.2, 0) is 14.3 Å². The summed E-state index contributed by atoms with van der Waals surface area (Å²) in [6.45, 7) is 6.76. The molecule has 0 aliphatic heterocycles. The summed E-state index contributed by atoms with van der Waals surface area (Å²) in [5, 5.41) is 12.1. The van der Waals surface area contributed by atoms with E-state index >= 15 is 0 Å². The van der Waals surface area contributed by atoms with Crippen LogP contribution in [0.4, 0.5) is 4.79 Å². The Labute approximate surface area is 188 Å². The Morgan fingerprint density at radius 2 is 1.56 bits per heavy atom. The van der Waals surface area contributed by atoms with Gasteiger partial charge in [0, 0.05) is 12.5 Å². The molecule has 1 aliphatic carbocycles. The number of amides is 2. The third-order valence-electron chi connectivity index (χ3n) is 6.12. The topological polar surface area (TPSA) is 95.9 Å². The van der Waals surface area contributed by atoms with Crippen LogP contribution in [-0.4, -0.2) is 52.7 Å². The highest BCUT2D eigenvalue weighted by molar-refractivity contribution is 5.91. The molecule has 0 fully saturated rings. The molecule has 32 heavy (non-hydrogen) atoms. The van der Waals surface area contributed by atoms with Gasteiger partial charge in [0.1, 0.15) is 18.2 Å². The third-order valence-corrected chi connectivity index (χ3v) is 6.12. The number of carboxylic acids is 1. The van der Waals surface area contributed by atoms with Gasteiger partial charge in [-0.05, 0) is 49.4 Å². The van der Waals surface area contributed by atoms with Crippen molar-refractivity contribution in [3.8, 4) is 11.1 Å². The number of carbonyl (C=O) groups excluding carboxylic acids is 2. The van der Waals surface area contributed by atoms with E-state index in [1.807, 2.05) is 36.4 Å². The van der Waals surface area contributed by atoms with Gasteiger partial charge in [-0.1, -0.05) is 55.5 Å². The van der Waals surface area contributed by atoms with Crippen molar-refractivity contribution < 1.29 is 24.2 Å². The van der Waals surface area contributed by atoms with Crippen molar-refractivity contribution in [3.05, 3.63) is 59.7 Å². The maximum Gasteiger partial charge on any atom is 0.407 e. The molecule has 2 amide bonds. The molecule has 2 aromatic rings. The van der Waals surface area contributed by atoms with Crippen LogP contribution in [0.1, 0.15) is 51.2 Å². The lowest BCUT2D eigenvalue weighted by Crippen LogP contribution is -2.58. The van der Waals surface area contributed by atoms with E-state index in [0.717, 1.165) is 22.3 Å². The maximum atomic E-state index is 13.0. The van der Waals surface area contributed by atoms with Crippen molar-refractivity contribution in [2.75, 3.05) is 13.2 Å². The number of aliphatic carboxylic acids is 1. The molecular formula is C25H30N2O5. The number of rotatable bonds is 8.